The number of imide groups is 1. The van der Waals surface area contributed by atoms with Gasteiger partial charge in [-0.05, 0) is 24.1 Å². The van der Waals surface area contributed by atoms with E-state index in [2.05, 4.69) is 20.3 Å². The lowest BCUT2D eigenvalue weighted by Gasteiger charge is -2.09. The first kappa shape index (κ1) is 18.2. The van der Waals surface area contributed by atoms with Crippen LogP contribution < -0.4 is 14.8 Å². The summed E-state index contributed by atoms with van der Waals surface area (Å²) >= 11 is 1.03. The molecule has 28 heavy (non-hydrogen) atoms. The Morgan fingerprint density at radius 2 is 2.00 bits per heavy atom. The number of nitrogens with zero attached hydrogens (tertiary/aromatic N) is 4. The number of hydrogen-bond donors (Lipinski definition) is 1. The van der Waals surface area contributed by atoms with Crippen molar-refractivity contribution in [2.75, 3.05) is 13.7 Å². The molecule has 0 aliphatic carbocycles. The standard InChI is InChI=1S/C18H17N5O4S/c1-26-17-14-15(19-9-20-17)23(10-21-14)6-7-27-12-4-2-11(3-5-12)8-13-16(24)22-18(25)28-13/h2-5,9-10,13H,6-8H2,1H3,(H,22,24,25). The maximum atomic E-state index is 11.6. The molecule has 1 unspecified atom stereocenters. The van der Waals surface area contributed by atoms with Gasteiger partial charge >= 0.3 is 0 Å². The Bertz CT molecular complexity index is 1020. The van der Waals surface area contributed by atoms with E-state index >= 15 is 0 Å². The molecule has 4 rings (SSSR count). The van der Waals surface area contributed by atoms with Crippen LogP contribution in [0.4, 0.5) is 4.79 Å². The highest BCUT2D eigenvalue weighted by atomic mass is 32.2. The van der Waals surface area contributed by atoms with Crippen LogP contribution in [0.25, 0.3) is 11.2 Å². The average molecular weight is 399 g/mol. The monoisotopic (exact) mass is 399 g/mol. The Hall–Kier alpha value is -3.14. The van der Waals surface area contributed by atoms with Crippen LogP contribution in [0.5, 0.6) is 11.6 Å². The molecule has 1 saturated heterocycles. The van der Waals surface area contributed by atoms with Crippen LogP contribution in [0.15, 0.2) is 36.9 Å². The SMILES string of the molecule is COc1ncnc2c1ncn2CCOc1ccc(CC2SC(=O)NC2=O)cc1. The molecule has 0 radical (unpaired) electrons. The minimum atomic E-state index is -0.368. The van der Waals surface area contributed by atoms with Crippen molar-refractivity contribution in [3.8, 4) is 11.6 Å². The molecule has 1 aliphatic heterocycles. The summed E-state index contributed by atoms with van der Waals surface area (Å²) < 4.78 is 12.8. The molecule has 2 amide bonds. The van der Waals surface area contributed by atoms with Crippen molar-refractivity contribution in [3.05, 3.63) is 42.5 Å². The van der Waals surface area contributed by atoms with Crippen molar-refractivity contribution < 1.29 is 19.1 Å². The third kappa shape index (κ3) is 3.77. The molecule has 2 aromatic heterocycles. The minimum Gasteiger partial charge on any atom is -0.492 e. The zero-order valence-electron chi connectivity index (χ0n) is 15.0. The van der Waals surface area contributed by atoms with E-state index in [4.69, 9.17) is 9.47 Å². The summed E-state index contributed by atoms with van der Waals surface area (Å²) in [6.45, 7) is 1.01. The van der Waals surface area contributed by atoms with E-state index in [1.165, 1.54) is 6.33 Å². The largest absolute Gasteiger partial charge is 0.492 e. The van der Waals surface area contributed by atoms with Crippen LogP contribution in [-0.4, -0.2) is 49.6 Å². The maximum Gasteiger partial charge on any atom is 0.286 e. The molecule has 1 N–H and O–H groups in total. The molecule has 0 spiro atoms. The summed E-state index contributed by atoms with van der Waals surface area (Å²) in [5.41, 5.74) is 2.27. The number of thioether (sulfide) groups is 1. The lowest BCUT2D eigenvalue weighted by atomic mass is 10.1. The van der Waals surface area contributed by atoms with Crippen molar-refractivity contribution in [2.45, 2.75) is 18.2 Å². The first-order valence-electron chi connectivity index (χ1n) is 8.57. The quantitative estimate of drug-likeness (QED) is 0.641. The van der Waals surface area contributed by atoms with Crippen LogP contribution >= 0.6 is 11.8 Å². The van der Waals surface area contributed by atoms with Crippen LogP contribution in [0.2, 0.25) is 0 Å². The Morgan fingerprint density at radius 3 is 2.71 bits per heavy atom. The number of benzene rings is 1. The maximum absolute atomic E-state index is 11.6. The number of hydrogen-bond acceptors (Lipinski definition) is 8. The van der Waals surface area contributed by atoms with Gasteiger partial charge in [-0.15, -0.1) is 0 Å². The second-order valence-electron chi connectivity index (χ2n) is 6.07. The molecule has 3 heterocycles. The van der Waals surface area contributed by atoms with E-state index in [1.54, 1.807) is 13.4 Å². The van der Waals surface area contributed by atoms with Gasteiger partial charge in [-0.25, -0.2) is 9.97 Å². The molecule has 9 nitrogen and oxygen atoms in total. The number of carbonyl (C=O) groups is 2. The zero-order valence-corrected chi connectivity index (χ0v) is 15.8. The highest BCUT2D eigenvalue weighted by molar-refractivity contribution is 8.15. The summed E-state index contributed by atoms with van der Waals surface area (Å²) in [7, 11) is 1.54. The van der Waals surface area contributed by atoms with Gasteiger partial charge in [-0.1, -0.05) is 23.9 Å². The fraction of sp³-hybridized carbons (Fsp3) is 0.278. The van der Waals surface area contributed by atoms with E-state index in [1.807, 2.05) is 28.8 Å². The number of methoxy groups -OCH3 is 1. The number of imidazole rings is 1. The topological polar surface area (TPSA) is 108 Å². The van der Waals surface area contributed by atoms with Crippen LogP contribution in [0.3, 0.4) is 0 Å². The predicted octanol–water partition coefficient (Wildman–Crippen LogP) is 1.81. The van der Waals surface area contributed by atoms with E-state index in [9.17, 15) is 9.59 Å². The molecule has 0 saturated carbocycles. The van der Waals surface area contributed by atoms with Gasteiger partial charge in [-0.3, -0.25) is 14.9 Å². The molecule has 144 valence electrons. The first-order valence-corrected chi connectivity index (χ1v) is 9.45. The molecule has 3 aromatic rings. The Labute approximate surface area is 164 Å². The van der Waals surface area contributed by atoms with Crippen LogP contribution in [0, 0.1) is 0 Å². The first-order chi connectivity index (χ1) is 13.6. The van der Waals surface area contributed by atoms with Gasteiger partial charge in [0.25, 0.3) is 5.24 Å². The highest BCUT2D eigenvalue weighted by Gasteiger charge is 2.31. The van der Waals surface area contributed by atoms with Crippen LogP contribution in [-0.2, 0) is 17.8 Å². The molecule has 1 fully saturated rings. The molecular weight excluding hydrogens is 382 g/mol. The summed E-state index contributed by atoms with van der Waals surface area (Å²) in [4.78, 5) is 35.4. The summed E-state index contributed by atoms with van der Waals surface area (Å²) in [6.07, 6.45) is 3.63. The molecule has 1 aliphatic rings. The van der Waals surface area contributed by atoms with E-state index in [0.29, 0.717) is 36.6 Å². The Kier molecular flexibility index (Phi) is 5.11. The average Bonchev–Trinajstić information content (AvgIpc) is 3.25. The van der Waals surface area contributed by atoms with Gasteiger partial charge in [0.05, 0.1) is 25.2 Å². The molecule has 1 atom stereocenters. The normalized spacial score (nSPS) is 16.4. The van der Waals surface area contributed by atoms with Gasteiger partial charge in [0.15, 0.2) is 11.2 Å². The molecular formula is C18H17N5O4S. The van der Waals surface area contributed by atoms with Crippen molar-refractivity contribution in [3.63, 3.8) is 0 Å². The minimum absolute atomic E-state index is 0.233. The van der Waals surface area contributed by atoms with Gasteiger partial charge in [0.1, 0.15) is 18.7 Å². The van der Waals surface area contributed by atoms with E-state index < -0.39 is 0 Å². The number of rotatable bonds is 7. The molecule has 0 bridgehead atoms. The lowest BCUT2D eigenvalue weighted by Crippen LogP contribution is -2.25. The summed E-state index contributed by atoms with van der Waals surface area (Å²) in [6, 6.07) is 7.51. The van der Waals surface area contributed by atoms with Gasteiger partial charge in [0.2, 0.25) is 11.8 Å². The number of fused-ring (bicyclic) bond motifs is 1. The van der Waals surface area contributed by atoms with Crippen LogP contribution in [0.1, 0.15) is 5.56 Å². The van der Waals surface area contributed by atoms with Crippen molar-refractivity contribution in [2.24, 2.45) is 0 Å². The molecule has 1 aromatic carbocycles. The number of nitrogens with one attached hydrogen (secondary N) is 1. The fourth-order valence-corrected chi connectivity index (χ4v) is 3.76. The summed E-state index contributed by atoms with van der Waals surface area (Å²) in [5, 5.41) is 1.64. The van der Waals surface area contributed by atoms with E-state index in [0.717, 1.165) is 23.1 Å². The fourth-order valence-electron chi connectivity index (χ4n) is 2.90. The third-order valence-electron chi connectivity index (χ3n) is 4.27. The summed E-state index contributed by atoms with van der Waals surface area (Å²) in [5.74, 6) is 0.930. The second-order valence-corrected chi connectivity index (χ2v) is 7.25. The van der Waals surface area contributed by atoms with Crippen molar-refractivity contribution in [1.82, 2.24) is 24.8 Å². The predicted molar refractivity (Wildman–Crippen MR) is 102 cm³/mol. The zero-order chi connectivity index (χ0) is 19.5. The smallest absolute Gasteiger partial charge is 0.286 e. The van der Waals surface area contributed by atoms with Gasteiger partial charge in [0, 0.05) is 0 Å². The van der Waals surface area contributed by atoms with Gasteiger partial charge < -0.3 is 14.0 Å². The number of carbonyl (C=O) groups excluding carboxylic acids is 2. The Balaban J connectivity index is 1.33. The van der Waals surface area contributed by atoms with Crippen molar-refractivity contribution >= 4 is 34.1 Å². The highest BCUT2D eigenvalue weighted by Crippen LogP contribution is 2.24. The Morgan fingerprint density at radius 1 is 1.18 bits per heavy atom. The number of ether oxygens (including phenoxy) is 2. The third-order valence-corrected chi connectivity index (χ3v) is 5.25. The van der Waals surface area contributed by atoms with Crippen molar-refractivity contribution in [1.29, 1.82) is 0 Å². The number of amides is 2. The second kappa shape index (κ2) is 7.85. The molecule has 10 heteroatoms. The van der Waals surface area contributed by atoms with Gasteiger partial charge in [-0.2, -0.15) is 4.98 Å². The van der Waals surface area contributed by atoms with E-state index in [-0.39, 0.29) is 16.4 Å². The lowest BCUT2D eigenvalue weighted by molar-refractivity contribution is -0.118. The number of aromatic nitrogens is 4.